The van der Waals surface area contributed by atoms with E-state index in [4.69, 9.17) is 12.2 Å². The number of aromatic nitrogens is 2. The molecule has 0 aliphatic heterocycles. The summed E-state index contributed by atoms with van der Waals surface area (Å²) in [5.41, 5.74) is 3.54. The fourth-order valence-electron chi connectivity index (χ4n) is 2.62. The van der Waals surface area contributed by atoms with E-state index >= 15 is 0 Å². The Kier molecular flexibility index (Phi) is 2.59. The zero-order chi connectivity index (χ0) is 11.8. The van der Waals surface area contributed by atoms with Crippen molar-refractivity contribution < 1.29 is 4.39 Å². The number of nitrogens with one attached hydrogen (secondary N) is 2. The number of aryl methyl sites for hydroxylation is 1. The lowest BCUT2D eigenvalue weighted by atomic mass is 9.96. The van der Waals surface area contributed by atoms with Crippen LogP contribution in [0.1, 0.15) is 29.2 Å². The summed E-state index contributed by atoms with van der Waals surface area (Å²) in [4.78, 5) is 6.08. The number of imidazole rings is 1. The Balaban J connectivity index is 1.88. The number of hydrogen-bond acceptors (Lipinski definition) is 1. The van der Waals surface area contributed by atoms with Gasteiger partial charge in [0, 0.05) is 11.9 Å². The van der Waals surface area contributed by atoms with Gasteiger partial charge in [0.25, 0.3) is 0 Å². The highest BCUT2D eigenvalue weighted by Gasteiger charge is 2.23. The molecule has 0 saturated heterocycles. The number of rotatable bonds is 2. The minimum Gasteiger partial charge on any atom is -0.337 e. The van der Waals surface area contributed by atoms with E-state index in [2.05, 4.69) is 9.97 Å². The normalized spacial score (nSPS) is 18.3. The van der Waals surface area contributed by atoms with Crippen molar-refractivity contribution in [2.75, 3.05) is 0 Å². The molecule has 1 aliphatic rings. The van der Waals surface area contributed by atoms with Gasteiger partial charge < -0.3 is 9.97 Å². The molecule has 88 valence electrons. The summed E-state index contributed by atoms with van der Waals surface area (Å²) in [6, 6.07) is 5.13. The predicted molar refractivity (Wildman–Crippen MR) is 67.1 cm³/mol. The first-order valence-electron chi connectivity index (χ1n) is 5.77. The van der Waals surface area contributed by atoms with E-state index in [-0.39, 0.29) is 5.82 Å². The molecule has 1 unspecified atom stereocenters. The lowest BCUT2D eigenvalue weighted by molar-refractivity contribution is 0.618. The van der Waals surface area contributed by atoms with Crippen LogP contribution in [-0.4, -0.2) is 9.97 Å². The van der Waals surface area contributed by atoms with Crippen LogP contribution in [0.3, 0.4) is 0 Å². The Morgan fingerprint density at radius 3 is 3.06 bits per heavy atom. The van der Waals surface area contributed by atoms with Gasteiger partial charge in [-0.15, -0.1) is 0 Å². The maximum absolute atomic E-state index is 13.2. The van der Waals surface area contributed by atoms with Gasteiger partial charge in [-0.3, -0.25) is 0 Å². The molecule has 0 amide bonds. The Labute approximate surface area is 104 Å². The molecule has 1 aliphatic carbocycles. The Bertz CT molecular complexity index is 599. The molecule has 0 fully saturated rings. The van der Waals surface area contributed by atoms with E-state index < -0.39 is 0 Å². The third-order valence-electron chi connectivity index (χ3n) is 3.43. The summed E-state index contributed by atoms with van der Waals surface area (Å²) in [5, 5.41) is 0. The van der Waals surface area contributed by atoms with Crippen molar-refractivity contribution in [2.24, 2.45) is 0 Å². The summed E-state index contributed by atoms with van der Waals surface area (Å²) in [5.74, 6) is 0.264. The Hall–Kier alpha value is -1.42. The van der Waals surface area contributed by atoms with Gasteiger partial charge in [-0.1, -0.05) is 6.07 Å². The summed E-state index contributed by atoms with van der Waals surface area (Å²) in [6.45, 7) is 0. The molecule has 2 nitrogen and oxygen atoms in total. The highest BCUT2D eigenvalue weighted by Crippen LogP contribution is 2.35. The Morgan fingerprint density at radius 1 is 1.41 bits per heavy atom. The van der Waals surface area contributed by atoms with Crippen molar-refractivity contribution in [1.29, 1.82) is 0 Å². The van der Waals surface area contributed by atoms with Gasteiger partial charge in [0.15, 0.2) is 4.77 Å². The van der Waals surface area contributed by atoms with Crippen LogP contribution in [0.15, 0.2) is 24.4 Å². The van der Waals surface area contributed by atoms with Crippen molar-refractivity contribution in [2.45, 2.75) is 25.2 Å². The van der Waals surface area contributed by atoms with Gasteiger partial charge in [-0.2, -0.15) is 0 Å². The smallest absolute Gasteiger partial charge is 0.174 e. The van der Waals surface area contributed by atoms with Crippen molar-refractivity contribution in [3.05, 3.63) is 51.8 Å². The first kappa shape index (κ1) is 10.7. The molecular weight excluding hydrogens is 235 g/mol. The maximum Gasteiger partial charge on any atom is 0.174 e. The molecule has 0 bridgehead atoms. The van der Waals surface area contributed by atoms with Crippen LogP contribution in [0.4, 0.5) is 4.39 Å². The average molecular weight is 248 g/mol. The Morgan fingerprint density at radius 2 is 2.29 bits per heavy atom. The zero-order valence-corrected chi connectivity index (χ0v) is 10.1. The fourth-order valence-corrected chi connectivity index (χ4v) is 2.81. The molecule has 17 heavy (non-hydrogen) atoms. The standard InChI is InChI=1S/C13H13FN2S/c14-10-4-3-8-1-2-9(12(8)6-10)5-11-7-15-13(17)16-11/h3-4,6-7,9H,1-2,5H2,(H2,15,16,17). The predicted octanol–water partition coefficient (Wildman–Crippen LogP) is 3.48. The summed E-state index contributed by atoms with van der Waals surface area (Å²) in [7, 11) is 0. The molecule has 1 heterocycles. The molecule has 0 saturated carbocycles. The largest absolute Gasteiger partial charge is 0.337 e. The molecule has 3 rings (SSSR count). The van der Waals surface area contributed by atoms with Gasteiger partial charge in [0.05, 0.1) is 0 Å². The van der Waals surface area contributed by atoms with Gasteiger partial charge in [0.1, 0.15) is 5.82 Å². The summed E-state index contributed by atoms with van der Waals surface area (Å²) in [6.07, 6.45) is 4.93. The number of hydrogen-bond donors (Lipinski definition) is 2. The van der Waals surface area contributed by atoms with Crippen LogP contribution < -0.4 is 0 Å². The summed E-state index contributed by atoms with van der Waals surface area (Å²) >= 11 is 5.00. The van der Waals surface area contributed by atoms with Crippen LogP contribution in [0.25, 0.3) is 0 Å². The van der Waals surface area contributed by atoms with E-state index in [0.29, 0.717) is 10.7 Å². The number of benzene rings is 1. The lowest BCUT2D eigenvalue weighted by Crippen LogP contribution is -1.99. The molecule has 0 spiro atoms. The number of halogens is 1. The average Bonchev–Trinajstić information content (AvgIpc) is 2.87. The molecular formula is C13H13FN2S. The van der Waals surface area contributed by atoms with Crippen LogP contribution in [0, 0.1) is 10.6 Å². The topological polar surface area (TPSA) is 31.6 Å². The molecule has 2 aromatic rings. The SMILES string of the molecule is Fc1ccc2c(c1)C(Cc1c[nH]c(=S)[nH]1)CC2. The van der Waals surface area contributed by atoms with Gasteiger partial charge in [0.2, 0.25) is 0 Å². The third-order valence-corrected chi connectivity index (χ3v) is 3.65. The molecule has 4 heteroatoms. The van der Waals surface area contributed by atoms with E-state index in [1.165, 1.54) is 5.56 Å². The number of H-pyrrole nitrogens is 2. The van der Waals surface area contributed by atoms with Gasteiger partial charge >= 0.3 is 0 Å². The minimum absolute atomic E-state index is 0.141. The van der Waals surface area contributed by atoms with Crippen molar-refractivity contribution >= 4 is 12.2 Å². The second-order valence-corrected chi connectivity index (χ2v) is 4.96. The lowest BCUT2D eigenvalue weighted by Gasteiger charge is -2.09. The number of fused-ring (bicyclic) bond motifs is 1. The van der Waals surface area contributed by atoms with E-state index in [9.17, 15) is 4.39 Å². The number of aromatic amines is 2. The van der Waals surface area contributed by atoms with Crippen molar-refractivity contribution in [3.8, 4) is 0 Å². The minimum atomic E-state index is -0.141. The molecule has 1 atom stereocenters. The molecule has 1 aromatic heterocycles. The highest BCUT2D eigenvalue weighted by atomic mass is 32.1. The third kappa shape index (κ3) is 2.05. The first-order chi connectivity index (χ1) is 8.22. The first-order valence-corrected chi connectivity index (χ1v) is 6.18. The monoisotopic (exact) mass is 248 g/mol. The van der Waals surface area contributed by atoms with Crippen LogP contribution in [-0.2, 0) is 12.8 Å². The van der Waals surface area contributed by atoms with Gasteiger partial charge in [-0.05, 0) is 60.7 Å². The van der Waals surface area contributed by atoms with Crippen LogP contribution in [0.2, 0.25) is 0 Å². The maximum atomic E-state index is 13.2. The summed E-state index contributed by atoms with van der Waals surface area (Å²) < 4.78 is 13.9. The highest BCUT2D eigenvalue weighted by molar-refractivity contribution is 7.71. The zero-order valence-electron chi connectivity index (χ0n) is 9.29. The van der Waals surface area contributed by atoms with E-state index in [1.807, 2.05) is 12.3 Å². The molecule has 0 radical (unpaired) electrons. The van der Waals surface area contributed by atoms with Gasteiger partial charge in [-0.25, -0.2) is 4.39 Å². The van der Waals surface area contributed by atoms with Crippen molar-refractivity contribution in [3.63, 3.8) is 0 Å². The second kappa shape index (κ2) is 4.11. The molecule has 1 aromatic carbocycles. The second-order valence-electron chi connectivity index (χ2n) is 4.55. The fraction of sp³-hybridized carbons (Fsp3) is 0.308. The van der Waals surface area contributed by atoms with Crippen LogP contribution >= 0.6 is 12.2 Å². The van der Waals surface area contributed by atoms with Crippen LogP contribution in [0.5, 0.6) is 0 Å². The van der Waals surface area contributed by atoms with Crippen molar-refractivity contribution in [1.82, 2.24) is 9.97 Å². The van der Waals surface area contributed by atoms with E-state index in [1.54, 1.807) is 12.1 Å². The molecule has 2 N–H and O–H groups in total. The quantitative estimate of drug-likeness (QED) is 0.783. The van der Waals surface area contributed by atoms with E-state index in [0.717, 1.165) is 30.5 Å².